The molecule has 67 heavy (non-hydrogen) atoms. The molecule has 0 aliphatic carbocycles. The van der Waals surface area contributed by atoms with E-state index in [2.05, 4.69) is 63.0 Å². The third-order valence-electron chi connectivity index (χ3n) is 12.1. The molecular weight excluding hydrogens is 890 g/mol. The van der Waals surface area contributed by atoms with Gasteiger partial charge in [-0.15, -0.1) is 0 Å². The van der Waals surface area contributed by atoms with Crippen LogP contribution < -0.4 is 18.9 Å². The minimum absolute atomic E-state index is 0.0934. The normalized spacial score (nSPS) is 14.8. The van der Waals surface area contributed by atoms with Crippen LogP contribution in [0, 0.1) is 19.8 Å². The third kappa shape index (κ3) is 12.2. The summed E-state index contributed by atoms with van der Waals surface area (Å²) in [4.78, 5) is 30.9. The molecule has 0 spiro atoms. The molecule has 2 aliphatic heterocycles. The zero-order valence-electron chi connectivity index (χ0n) is 37.8. The Bertz CT molecular complexity index is 2820. The molecule has 12 nitrogen and oxygen atoms in total. The smallest absolute Gasteiger partial charge is 0.303 e. The molecule has 14 heteroatoms. The summed E-state index contributed by atoms with van der Waals surface area (Å²) in [6, 6.07) is 23.5. The molecule has 346 valence electrons. The number of likely N-dealkylation sites (tertiary alicyclic amines) is 1. The van der Waals surface area contributed by atoms with Crippen molar-refractivity contribution in [3.8, 4) is 34.1 Å². The lowest BCUT2D eigenvalue weighted by atomic mass is 9.92. The zero-order valence-corrected chi connectivity index (χ0v) is 39.3. The average Bonchev–Trinajstić information content (AvgIpc) is 4.18. The number of aliphatic hydroxyl groups excluding tert-OH is 1. The zero-order chi connectivity index (χ0) is 46.9. The summed E-state index contributed by atoms with van der Waals surface area (Å²) in [5.74, 6) is 1.36. The number of carboxylic acids is 1. The Balaban J connectivity index is 0.974. The van der Waals surface area contributed by atoms with Crippen LogP contribution in [0.15, 0.2) is 108 Å². The van der Waals surface area contributed by atoms with Crippen LogP contribution in [0.5, 0.6) is 23.0 Å². The SMILES string of the molecule is CN=Cc1cncc(COc2cc(OCc3cccc(-c4cccc(COc5cc(OCc6cncc(C7=NC7)c6)c(CN6CCC[C@H](CC(=O)O)C6)cc5Cl)c4C)c3C)c(Cl)cc2CO)c1. The maximum absolute atomic E-state index is 11.5. The van der Waals surface area contributed by atoms with E-state index in [1.807, 2.05) is 42.6 Å². The molecule has 2 aromatic heterocycles. The molecule has 4 heterocycles. The number of hydrogen-bond donors (Lipinski definition) is 2. The lowest BCUT2D eigenvalue weighted by molar-refractivity contribution is -0.138. The molecule has 1 saturated heterocycles. The van der Waals surface area contributed by atoms with Crippen LogP contribution in [-0.2, 0) is 44.4 Å². The van der Waals surface area contributed by atoms with Crippen LogP contribution in [0.3, 0.4) is 0 Å². The Morgan fingerprint density at radius 3 is 1.94 bits per heavy atom. The van der Waals surface area contributed by atoms with E-state index in [0.29, 0.717) is 51.7 Å². The standard InChI is InChI=1S/C53H53Cl2N5O7/c1-33-39(31-66-51-18-49(64-30-38-14-41(24-58-23-38)48-25-59-48)42(16-46(51)54)27-60-12-6-7-35(26-60)15-53(62)63)8-4-10-44(33)45-11-5-9-40(34(45)2)32-67-52-19-50(43(28-61)17-47(52)55)65-29-37-13-36(20-56-3)21-57-22-37/h4-5,8-11,13-14,16-24,35,61H,6-7,12,15,25-32H2,1-3H3,(H,62,63)/t35-/m1/s1. The number of piperidine rings is 1. The number of carbonyl (C=O) groups is 1. The second kappa shape index (κ2) is 22.0. The first-order valence-electron chi connectivity index (χ1n) is 22.3. The van der Waals surface area contributed by atoms with Gasteiger partial charge in [-0.3, -0.25) is 29.6 Å². The van der Waals surface area contributed by atoms with Crippen LogP contribution in [0.4, 0.5) is 0 Å². The van der Waals surface area contributed by atoms with Crippen LogP contribution in [0.2, 0.25) is 10.0 Å². The van der Waals surface area contributed by atoms with Crippen LogP contribution in [0.1, 0.15) is 74.9 Å². The summed E-state index contributed by atoms with van der Waals surface area (Å²) in [5, 5.41) is 20.4. The minimum Gasteiger partial charge on any atom is -0.488 e. The van der Waals surface area contributed by atoms with Gasteiger partial charge in [0.05, 0.1) is 28.9 Å². The number of benzene rings is 4. The van der Waals surface area contributed by atoms with Gasteiger partial charge in [-0.25, -0.2) is 0 Å². The monoisotopic (exact) mass is 941 g/mol. The molecule has 0 bridgehead atoms. The van der Waals surface area contributed by atoms with Crippen molar-refractivity contribution in [2.75, 3.05) is 26.7 Å². The van der Waals surface area contributed by atoms with Crippen molar-refractivity contribution in [3.63, 3.8) is 0 Å². The highest BCUT2D eigenvalue weighted by atomic mass is 35.5. The first-order chi connectivity index (χ1) is 32.5. The van der Waals surface area contributed by atoms with Crippen molar-refractivity contribution in [2.24, 2.45) is 15.9 Å². The highest BCUT2D eigenvalue weighted by molar-refractivity contribution is 6.32. The number of nitrogens with zero attached hydrogens (tertiary/aromatic N) is 5. The summed E-state index contributed by atoms with van der Waals surface area (Å²) in [7, 11) is 1.71. The molecule has 6 aromatic rings. The Hall–Kier alpha value is -6.31. The first kappa shape index (κ1) is 47.2. The van der Waals surface area contributed by atoms with Crippen LogP contribution in [0.25, 0.3) is 11.1 Å². The molecular formula is C53H53Cl2N5O7. The number of carboxylic acid groups (broad SMARTS) is 1. The Labute approximate surface area is 400 Å². The van der Waals surface area contributed by atoms with E-state index in [9.17, 15) is 15.0 Å². The number of halogens is 2. The molecule has 4 aromatic carbocycles. The summed E-state index contributed by atoms with van der Waals surface area (Å²) >= 11 is 13.7. The summed E-state index contributed by atoms with van der Waals surface area (Å²) in [6.45, 7) is 7.80. The molecule has 0 unspecified atom stereocenters. The predicted molar refractivity (Wildman–Crippen MR) is 261 cm³/mol. The fraction of sp³-hybridized carbons (Fsp3) is 0.302. The number of ether oxygens (including phenoxy) is 4. The van der Waals surface area contributed by atoms with Gasteiger partial charge in [0.25, 0.3) is 0 Å². The maximum atomic E-state index is 11.5. The van der Waals surface area contributed by atoms with E-state index < -0.39 is 5.97 Å². The molecule has 2 N–H and O–H groups in total. The van der Waals surface area contributed by atoms with E-state index in [1.54, 1.807) is 44.0 Å². The van der Waals surface area contributed by atoms with Crippen LogP contribution in [-0.4, -0.2) is 69.7 Å². The third-order valence-corrected chi connectivity index (χ3v) is 12.7. The molecule has 0 amide bonds. The number of aliphatic carboxylic acids is 1. The number of aliphatic hydroxyl groups is 1. The second-order valence-electron chi connectivity index (χ2n) is 17.0. The molecule has 2 aliphatic rings. The van der Waals surface area contributed by atoms with E-state index in [4.69, 9.17) is 42.1 Å². The van der Waals surface area contributed by atoms with Crippen molar-refractivity contribution in [1.82, 2.24) is 14.9 Å². The van der Waals surface area contributed by atoms with Crippen molar-refractivity contribution in [2.45, 2.75) is 72.7 Å². The Morgan fingerprint density at radius 2 is 1.34 bits per heavy atom. The number of pyridine rings is 2. The van der Waals surface area contributed by atoms with Gasteiger partial charge in [0.15, 0.2) is 0 Å². The summed E-state index contributed by atoms with van der Waals surface area (Å²) in [5.41, 5.74) is 12.3. The van der Waals surface area contributed by atoms with Gasteiger partial charge in [-0.2, -0.15) is 0 Å². The van der Waals surface area contributed by atoms with E-state index in [1.165, 1.54) is 0 Å². The molecule has 1 fully saturated rings. The Morgan fingerprint density at radius 1 is 0.761 bits per heavy atom. The van der Waals surface area contributed by atoms with E-state index in [-0.39, 0.29) is 45.4 Å². The van der Waals surface area contributed by atoms with Gasteiger partial charge in [0, 0.05) is 103 Å². The van der Waals surface area contributed by atoms with Gasteiger partial charge in [0.2, 0.25) is 0 Å². The van der Waals surface area contributed by atoms with Gasteiger partial charge in [0.1, 0.15) is 49.4 Å². The quantitative estimate of drug-likeness (QED) is 0.0709. The predicted octanol–water partition coefficient (Wildman–Crippen LogP) is 10.4. The number of aromatic nitrogens is 2. The van der Waals surface area contributed by atoms with E-state index >= 15 is 0 Å². The fourth-order valence-corrected chi connectivity index (χ4v) is 8.97. The lowest BCUT2D eigenvalue weighted by Crippen LogP contribution is -2.35. The van der Waals surface area contributed by atoms with Gasteiger partial charge < -0.3 is 29.2 Å². The highest BCUT2D eigenvalue weighted by Gasteiger charge is 2.24. The average molecular weight is 943 g/mol. The van der Waals surface area contributed by atoms with E-state index in [0.717, 1.165) is 92.8 Å². The van der Waals surface area contributed by atoms with Crippen LogP contribution >= 0.6 is 23.2 Å². The van der Waals surface area contributed by atoms with Gasteiger partial charge >= 0.3 is 5.97 Å². The van der Waals surface area contributed by atoms with Crippen molar-refractivity contribution in [1.29, 1.82) is 0 Å². The molecule has 8 rings (SSSR count). The molecule has 0 saturated carbocycles. The van der Waals surface area contributed by atoms with Crippen molar-refractivity contribution >= 4 is 41.1 Å². The Kier molecular flexibility index (Phi) is 15.5. The molecule has 0 radical (unpaired) electrons. The van der Waals surface area contributed by atoms with Crippen molar-refractivity contribution in [3.05, 3.63) is 163 Å². The first-order valence-corrected chi connectivity index (χ1v) is 23.0. The summed E-state index contributed by atoms with van der Waals surface area (Å²) < 4.78 is 25.5. The largest absolute Gasteiger partial charge is 0.488 e. The second-order valence-corrected chi connectivity index (χ2v) is 17.8. The number of aliphatic imine (C=N–C) groups is 2. The van der Waals surface area contributed by atoms with Gasteiger partial charge in [-0.05, 0) is 96.8 Å². The highest BCUT2D eigenvalue weighted by Crippen LogP contribution is 2.38. The fourth-order valence-electron chi connectivity index (χ4n) is 8.49. The van der Waals surface area contributed by atoms with Crippen molar-refractivity contribution < 1.29 is 34.0 Å². The van der Waals surface area contributed by atoms with Gasteiger partial charge in [-0.1, -0.05) is 59.6 Å². The maximum Gasteiger partial charge on any atom is 0.303 e. The minimum atomic E-state index is -0.770. The lowest BCUT2D eigenvalue weighted by Gasteiger charge is -2.32. The summed E-state index contributed by atoms with van der Waals surface area (Å²) in [6.07, 6.45) is 10.8. The number of rotatable bonds is 20. The number of hydrogen-bond acceptors (Lipinski definition) is 11. The topological polar surface area (TPSA) is 148 Å². The molecule has 1 atom stereocenters.